The number of rotatable bonds is 2. The van der Waals surface area contributed by atoms with Crippen LogP contribution in [0.5, 0.6) is 0 Å². The molecule has 98 valence electrons. The average Bonchev–Trinajstić information content (AvgIpc) is 2.61. The Morgan fingerprint density at radius 2 is 1.76 bits per heavy atom. The van der Waals surface area contributed by atoms with Crippen LogP contribution in [0, 0.1) is 0 Å². The van der Waals surface area contributed by atoms with Crippen molar-refractivity contribution in [1.82, 2.24) is 15.1 Å². The number of fused-ring (bicyclic) bond motifs is 2. The first-order valence-electron chi connectivity index (χ1n) is 7.40. The van der Waals surface area contributed by atoms with E-state index in [0.717, 1.165) is 24.2 Å². The Balaban J connectivity index is 1.61. The molecule has 3 fully saturated rings. The van der Waals surface area contributed by atoms with Crippen molar-refractivity contribution in [2.24, 2.45) is 0 Å². The molecule has 3 heteroatoms. The third-order valence-electron chi connectivity index (χ3n) is 5.50. The molecule has 3 aliphatic rings. The molecule has 0 amide bonds. The van der Waals surface area contributed by atoms with E-state index in [9.17, 15) is 0 Å². The summed E-state index contributed by atoms with van der Waals surface area (Å²) < 4.78 is 0. The van der Waals surface area contributed by atoms with Gasteiger partial charge >= 0.3 is 0 Å². The second-order valence-corrected chi connectivity index (χ2v) is 6.34. The molecule has 3 heterocycles. The summed E-state index contributed by atoms with van der Waals surface area (Å²) in [6.45, 7) is 2.43. The molecule has 0 unspecified atom stereocenters. The van der Waals surface area contributed by atoms with Crippen molar-refractivity contribution in [2.75, 3.05) is 27.2 Å². The van der Waals surface area contributed by atoms with Crippen LogP contribution < -0.4 is 5.32 Å². The van der Waals surface area contributed by atoms with E-state index < -0.39 is 0 Å². The molecule has 0 saturated carbocycles. The van der Waals surface area contributed by atoms with E-state index >= 15 is 0 Å². The lowest BCUT2D eigenvalue weighted by Gasteiger charge is -2.44. The summed E-state index contributed by atoms with van der Waals surface area (Å²) in [5.41, 5.74) is 0. The van der Waals surface area contributed by atoms with Crippen molar-refractivity contribution < 1.29 is 0 Å². The molecular formula is C14H27N3. The molecule has 3 saturated heterocycles. The summed E-state index contributed by atoms with van der Waals surface area (Å²) in [6, 6.07) is 3.38. The summed E-state index contributed by atoms with van der Waals surface area (Å²) in [5.74, 6) is 0. The molecule has 0 aromatic heterocycles. The highest BCUT2D eigenvalue weighted by Crippen LogP contribution is 2.36. The van der Waals surface area contributed by atoms with E-state index in [0.29, 0.717) is 0 Å². The fourth-order valence-corrected chi connectivity index (χ4v) is 4.19. The Labute approximate surface area is 106 Å². The van der Waals surface area contributed by atoms with E-state index in [-0.39, 0.29) is 0 Å². The van der Waals surface area contributed by atoms with Crippen LogP contribution in [0.3, 0.4) is 0 Å². The zero-order valence-electron chi connectivity index (χ0n) is 11.4. The van der Waals surface area contributed by atoms with Crippen LogP contribution in [0.4, 0.5) is 0 Å². The van der Waals surface area contributed by atoms with Gasteiger partial charge in [0.1, 0.15) is 0 Å². The smallest absolute Gasteiger partial charge is 0.0221 e. The highest BCUT2D eigenvalue weighted by atomic mass is 15.2. The number of likely N-dealkylation sites (N-methyl/N-ethyl adjacent to an activating group) is 1. The lowest BCUT2D eigenvalue weighted by atomic mass is 9.94. The van der Waals surface area contributed by atoms with E-state index in [1.54, 1.807) is 0 Å². The van der Waals surface area contributed by atoms with Crippen LogP contribution in [-0.4, -0.2) is 61.2 Å². The van der Waals surface area contributed by atoms with Gasteiger partial charge in [-0.05, 0) is 59.2 Å². The molecule has 17 heavy (non-hydrogen) atoms. The van der Waals surface area contributed by atoms with Crippen molar-refractivity contribution in [1.29, 1.82) is 0 Å². The van der Waals surface area contributed by atoms with Crippen LogP contribution in [0.1, 0.15) is 38.5 Å². The third kappa shape index (κ3) is 2.25. The Hall–Kier alpha value is -0.120. The van der Waals surface area contributed by atoms with Crippen molar-refractivity contribution in [3.05, 3.63) is 0 Å². The molecule has 3 nitrogen and oxygen atoms in total. The van der Waals surface area contributed by atoms with Crippen LogP contribution >= 0.6 is 0 Å². The molecule has 0 aromatic rings. The highest BCUT2D eigenvalue weighted by molar-refractivity contribution is 4.97. The van der Waals surface area contributed by atoms with Gasteiger partial charge in [-0.1, -0.05) is 0 Å². The molecule has 0 radical (unpaired) electrons. The first-order chi connectivity index (χ1) is 8.25. The second-order valence-electron chi connectivity index (χ2n) is 6.34. The van der Waals surface area contributed by atoms with E-state index in [2.05, 4.69) is 29.2 Å². The zero-order chi connectivity index (χ0) is 11.8. The molecule has 1 N–H and O–H groups in total. The van der Waals surface area contributed by atoms with E-state index in [1.807, 2.05) is 0 Å². The maximum absolute atomic E-state index is 3.55. The van der Waals surface area contributed by atoms with Crippen LogP contribution in [0.2, 0.25) is 0 Å². The van der Waals surface area contributed by atoms with Gasteiger partial charge in [-0.25, -0.2) is 0 Å². The van der Waals surface area contributed by atoms with Gasteiger partial charge in [0.15, 0.2) is 0 Å². The Kier molecular flexibility index (Phi) is 3.42. The minimum atomic E-state index is 0.788. The van der Waals surface area contributed by atoms with Crippen molar-refractivity contribution >= 4 is 0 Å². The monoisotopic (exact) mass is 237 g/mol. The molecule has 0 aromatic carbocycles. The largest absolute Gasteiger partial charge is 0.315 e. The third-order valence-corrected chi connectivity index (χ3v) is 5.50. The summed E-state index contributed by atoms with van der Waals surface area (Å²) in [5, 5.41) is 3.55. The molecule has 3 rings (SSSR count). The van der Waals surface area contributed by atoms with Gasteiger partial charge in [-0.3, -0.25) is 4.90 Å². The van der Waals surface area contributed by atoms with Crippen molar-refractivity contribution in [3.63, 3.8) is 0 Å². The quantitative estimate of drug-likeness (QED) is 0.781. The summed E-state index contributed by atoms with van der Waals surface area (Å²) in [4.78, 5) is 5.34. The summed E-state index contributed by atoms with van der Waals surface area (Å²) in [6.07, 6.45) is 8.43. The second kappa shape index (κ2) is 4.87. The normalized spacial score (nSPS) is 43.2. The van der Waals surface area contributed by atoms with E-state index in [1.165, 1.54) is 51.6 Å². The lowest BCUT2D eigenvalue weighted by Crippen LogP contribution is -2.53. The maximum Gasteiger partial charge on any atom is 0.0221 e. The Morgan fingerprint density at radius 1 is 1.06 bits per heavy atom. The minimum absolute atomic E-state index is 0.788. The molecular weight excluding hydrogens is 210 g/mol. The standard InChI is InChI=1S/C14H27N3/c1-16-11-5-6-12(16)9-14(8-11)17(2)13-4-3-7-15-10-13/h11-15H,3-10H2,1-2H3/t11-,12-,13-/m0/s1. The molecule has 3 atom stereocenters. The van der Waals surface area contributed by atoms with Gasteiger partial charge in [0.25, 0.3) is 0 Å². The molecule has 2 bridgehead atoms. The molecule has 0 spiro atoms. The number of nitrogens with one attached hydrogen (secondary N) is 1. The fourth-order valence-electron chi connectivity index (χ4n) is 4.19. The summed E-state index contributed by atoms with van der Waals surface area (Å²) >= 11 is 0. The fraction of sp³-hybridized carbons (Fsp3) is 1.00. The van der Waals surface area contributed by atoms with Crippen LogP contribution in [-0.2, 0) is 0 Å². The van der Waals surface area contributed by atoms with E-state index in [4.69, 9.17) is 0 Å². The van der Waals surface area contributed by atoms with Crippen LogP contribution in [0.25, 0.3) is 0 Å². The predicted molar refractivity (Wildman–Crippen MR) is 71.2 cm³/mol. The van der Waals surface area contributed by atoms with Gasteiger partial charge in [-0.15, -0.1) is 0 Å². The molecule has 3 aliphatic heterocycles. The molecule has 0 aliphatic carbocycles. The Morgan fingerprint density at radius 3 is 2.35 bits per heavy atom. The number of piperidine rings is 2. The summed E-state index contributed by atoms with van der Waals surface area (Å²) in [7, 11) is 4.70. The van der Waals surface area contributed by atoms with Gasteiger partial charge in [-0.2, -0.15) is 0 Å². The highest BCUT2D eigenvalue weighted by Gasteiger charge is 2.40. The van der Waals surface area contributed by atoms with Crippen LogP contribution in [0.15, 0.2) is 0 Å². The van der Waals surface area contributed by atoms with Gasteiger partial charge in [0.2, 0.25) is 0 Å². The number of hydrogen-bond donors (Lipinski definition) is 1. The Bertz CT molecular complexity index is 248. The number of hydrogen-bond acceptors (Lipinski definition) is 3. The first-order valence-corrected chi connectivity index (χ1v) is 7.40. The first kappa shape index (κ1) is 11.9. The topological polar surface area (TPSA) is 18.5 Å². The zero-order valence-corrected chi connectivity index (χ0v) is 11.4. The maximum atomic E-state index is 3.55. The van der Waals surface area contributed by atoms with Crippen molar-refractivity contribution in [3.8, 4) is 0 Å². The SMILES string of the molecule is CN(C1C[C@@H]2CC[C@@H](C1)N2C)[C@H]1CCCNC1. The van der Waals surface area contributed by atoms with Gasteiger partial charge < -0.3 is 10.2 Å². The lowest BCUT2D eigenvalue weighted by molar-refractivity contribution is 0.0587. The average molecular weight is 237 g/mol. The predicted octanol–water partition coefficient (Wildman–Crippen LogP) is 1.30. The van der Waals surface area contributed by atoms with Gasteiger partial charge in [0, 0.05) is 30.7 Å². The number of nitrogens with zero attached hydrogens (tertiary/aromatic N) is 2. The van der Waals surface area contributed by atoms with Gasteiger partial charge in [0.05, 0.1) is 0 Å². The van der Waals surface area contributed by atoms with Crippen molar-refractivity contribution in [2.45, 2.75) is 62.7 Å². The minimum Gasteiger partial charge on any atom is -0.315 e.